The molecule has 1 N–H and O–H groups in total. The molecule has 4 rings (SSSR count). The number of carbonyl (C=O) groups is 2. The number of aromatic nitrogens is 3. The van der Waals surface area contributed by atoms with Gasteiger partial charge in [-0.25, -0.2) is 9.97 Å². The number of hydrogen-bond acceptors (Lipinski definition) is 7. The number of anilines is 2. The number of ether oxygens (including phenoxy) is 1. The van der Waals surface area contributed by atoms with Gasteiger partial charge < -0.3 is 19.9 Å². The van der Waals surface area contributed by atoms with E-state index >= 15 is 0 Å². The summed E-state index contributed by atoms with van der Waals surface area (Å²) in [4.78, 5) is 41.4. The van der Waals surface area contributed by atoms with E-state index < -0.39 is 0 Å². The number of rotatable bonds is 7. The molecule has 9 nitrogen and oxygen atoms in total. The van der Waals surface area contributed by atoms with Gasteiger partial charge in [0.15, 0.2) is 0 Å². The maximum atomic E-state index is 12.7. The topological polar surface area (TPSA) is 101 Å². The van der Waals surface area contributed by atoms with Gasteiger partial charge in [0.05, 0.1) is 30.7 Å². The Hall–Kier alpha value is -3.07. The summed E-state index contributed by atoms with van der Waals surface area (Å²) < 4.78 is 5.88. The van der Waals surface area contributed by atoms with Crippen molar-refractivity contribution >= 4 is 23.5 Å². The van der Waals surface area contributed by atoms with Crippen LogP contribution >= 0.6 is 0 Å². The first-order valence-electron chi connectivity index (χ1n) is 11.2. The number of morpholine rings is 1. The van der Waals surface area contributed by atoms with Crippen LogP contribution in [-0.4, -0.2) is 69.4 Å². The third-order valence-electron chi connectivity index (χ3n) is 5.76. The Morgan fingerprint density at radius 2 is 2.03 bits per heavy atom. The van der Waals surface area contributed by atoms with Crippen molar-refractivity contribution in [2.75, 3.05) is 38.1 Å². The number of carbonyl (C=O) groups excluding carboxylic acids is 2. The third kappa shape index (κ3) is 5.59. The van der Waals surface area contributed by atoms with Crippen molar-refractivity contribution in [2.45, 2.75) is 45.6 Å². The van der Waals surface area contributed by atoms with E-state index in [-0.39, 0.29) is 17.9 Å². The normalized spacial score (nSPS) is 18.8. The van der Waals surface area contributed by atoms with Gasteiger partial charge in [-0.1, -0.05) is 0 Å². The van der Waals surface area contributed by atoms with Crippen LogP contribution in [0.2, 0.25) is 0 Å². The second-order valence-electron chi connectivity index (χ2n) is 8.36. The van der Waals surface area contributed by atoms with E-state index in [0.717, 1.165) is 35.7 Å². The predicted octanol–water partition coefficient (Wildman–Crippen LogP) is 2.53. The maximum Gasteiger partial charge on any atom is 0.227 e. The molecule has 0 saturated carbocycles. The van der Waals surface area contributed by atoms with Crippen LogP contribution in [0.25, 0.3) is 0 Å². The summed E-state index contributed by atoms with van der Waals surface area (Å²) in [7, 11) is 0. The number of hydrogen-bond donors (Lipinski definition) is 1. The fraction of sp³-hybridized carbons (Fsp3) is 0.522. The Morgan fingerprint density at radius 3 is 2.72 bits per heavy atom. The second-order valence-corrected chi connectivity index (χ2v) is 8.36. The van der Waals surface area contributed by atoms with Crippen LogP contribution in [-0.2, 0) is 14.3 Å². The molecule has 4 heterocycles. The zero-order valence-electron chi connectivity index (χ0n) is 18.7. The highest BCUT2D eigenvalue weighted by atomic mass is 16.5. The number of amides is 2. The van der Waals surface area contributed by atoms with Crippen molar-refractivity contribution in [3.63, 3.8) is 0 Å². The zero-order valence-corrected chi connectivity index (χ0v) is 18.7. The van der Waals surface area contributed by atoms with Gasteiger partial charge in [0, 0.05) is 43.9 Å². The Morgan fingerprint density at radius 1 is 1.22 bits per heavy atom. The third-order valence-corrected chi connectivity index (χ3v) is 5.76. The minimum Gasteiger partial charge on any atom is -0.368 e. The van der Waals surface area contributed by atoms with E-state index in [0.29, 0.717) is 51.5 Å². The lowest BCUT2D eigenvalue weighted by atomic mass is 10.1. The molecule has 0 radical (unpaired) electrons. The first-order chi connectivity index (χ1) is 15.5. The molecule has 2 fully saturated rings. The lowest BCUT2D eigenvalue weighted by Gasteiger charge is -2.33. The van der Waals surface area contributed by atoms with Crippen LogP contribution in [0.3, 0.4) is 0 Å². The summed E-state index contributed by atoms with van der Waals surface area (Å²) >= 11 is 0. The molecule has 0 aliphatic carbocycles. The van der Waals surface area contributed by atoms with Gasteiger partial charge in [-0.3, -0.25) is 14.6 Å². The van der Waals surface area contributed by atoms with Crippen LogP contribution in [0.15, 0.2) is 24.4 Å². The number of likely N-dealkylation sites (tertiary alicyclic amines) is 1. The summed E-state index contributed by atoms with van der Waals surface area (Å²) in [6.07, 6.45) is 4.19. The average molecular weight is 439 g/mol. The van der Waals surface area contributed by atoms with Crippen LogP contribution in [0.4, 0.5) is 11.6 Å². The Kier molecular flexibility index (Phi) is 6.94. The number of aryl methyl sites for hydroxylation is 2. The standard InChI is InChI=1S/C23H30N6O3/c1-16-13-17(2)26-23(25-16)27-18-7-8-19(24-14-18)20-15-29(11-12-32-20)22(31)6-4-10-28-9-3-5-21(28)30/h7-8,13-14,20H,3-6,9-12,15H2,1-2H3,(H,25,26,27)/t20-/m0/s1. The van der Waals surface area contributed by atoms with Gasteiger partial charge in [-0.05, 0) is 44.9 Å². The number of nitrogens with one attached hydrogen (secondary N) is 1. The summed E-state index contributed by atoms with van der Waals surface area (Å²) in [6.45, 7) is 6.90. The molecule has 2 aromatic heterocycles. The molecular weight excluding hydrogens is 408 g/mol. The lowest BCUT2D eigenvalue weighted by Crippen LogP contribution is -2.42. The van der Waals surface area contributed by atoms with E-state index in [2.05, 4.69) is 20.3 Å². The van der Waals surface area contributed by atoms with Crippen molar-refractivity contribution in [1.29, 1.82) is 0 Å². The minimum atomic E-state index is -0.251. The number of pyridine rings is 1. The Balaban J connectivity index is 1.29. The predicted molar refractivity (Wildman–Crippen MR) is 119 cm³/mol. The minimum absolute atomic E-state index is 0.107. The Bertz CT molecular complexity index is 944. The van der Waals surface area contributed by atoms with Crippen LogP contribution in [0.5, 0.6) is 0 Å². The summed E-state index contributed by atoms with van der Waals surface area (Å²) in [5.41, 5.74) is 3.38. The monoisotopic (exact) mass is 438 g/mol. The first kappa shape index (κ1) is 22.1. The molecule has 2 aliphatic heterocycles. The van der Waals surface area contributed by atoms with Crippen LogP contribution in [0.1, 0.15) is 48.9 Å². The lowest BCUT2D eigenvalue weighted by molar-refractivity contribution is -0.139. The molecule has 2 aromatic rings. The molecule has 0 aromatic carbocycles. The highest BCUT2D eigenvalue weighted by Crippen LogP contribution is 2.23. The van der Waals surface area contributed by atoms with Gasteiger partial charge in [0.1, 0.15) is 6.10 Å². The molecule has 2 aliphatic rings. The first-order valence-corrected chi connectivity index (χ1v) is 11.2. The quantitative estimate of drug-likeness (QED) is 0.709. The maximum absolute atomic E-state index is 12.7. The highest BCUT2D eigenvalue weighted by molar-refractivity contribution is 5.78. The smallest absolute Gasteiger partial charge is 0.227 e. The SMILES string of the molecule is Cc1cc(C)nc(Nc2ccc([C@@H]3CN(C(=O)CCCN4CCCC4=O)CCO3)nc2)n1. The molecule has 0 unspecified atom stereocenters. The largest absolute Gasteiger partial charge is 0.368 e. The van der Waals surface area contributed by atoms with Crippen molar-refractivity contribution < 1.29 is 14.3 Å². The van der Waals surface area contributed by atoms with Gasteiger partial charge >= 0.3 is 0 Å². The summed E-state index contributed by atoms with van der Waals surface area (Å²) in [6, 6.07) is 5.75. The van der Waals surface area contributed by atoms with Crippen LogP contribution < -0.4 is 5.32 Å². The highest BCUT2D eigenvalue weighted by Gasteiger charge is 2.26. The molecule has 2 amide bonds. The zero-order chi connectivity index (χ0) is 22.5. The van der Waals surface area contributed by atoms with E-state index in [1.54, 1.807) is 6.20 Å². The van der Waals surface area contributed by atoms with Crippen molar-refractivity contribution in [2.24, 2.45) is 0 Å². The summed E-state index contributed by atoms with van der Waals surface area (Å²) in [5, 5.41) is 3.17. The Labute approximate surface area is 188 Å². The molecule has 0 spiro atoms. The van der Waals surface area contributed by atoms with E-state index in [9.17, 15) is 9.59 Å². The van der Waals surface area contributed by atoms with Crippen LogP contribution in [0, 0.1) is 13.8 Å². The fourth-order valence-corrected chi connectivity index (χ4v) is 4.16. The van der Waals surface area contributed by atoms with E-state index in [4.69, 9.17) is 4.74 Å². The van der Waals surface area contributed by atoms with Gasteiger partial charge in [-0.2, -0.15) is 0 Å². The number of nitrogens with zero attached hydrogens (tertiary/aromatic N) is 5. The molecule has 170 valence electrons. The van der Waals surface area contributed by atoms with E-state index in [1.165, 1.54) is 0 Å². The fourth-order valence-electron chi connectivity index (χ4n) is 4.16. The molecular formula is C23H30N6O3. The summed E-state index contributed by atoms with van der Waals surface area (Å²) in [5.74, 6) is 0.852. The molecule has 9 heteroatoms. The van der Waals surface area contributed by atoms with Crippen molar-refractivity contribution in [3.05, 3.63) is 41.5 Å². The van der Waals surface area contributed by atoms with Gasteiger partial charge in [-0.15, -0.1) is 0 Å². The molecule has 2 saturated heterocycles. The van der Waals surface area contributed by atoms with Gasteiger partial charge in [0.2, 0.25) is 17.8 Å². The van der Waals surface area contributed by atoms with E-state index in [1.807, 2.05) is 41.8 Å². The van der Waals surface area contributed by atoms with Crippen molar-refractivity contribution in [3.8, 4) is 0 Å². The average Bonchev–Trinajstić information content (AvgIpc) is 3.18. The molecule has 0 bridgehead atoms. The second kappa shape index (κ2) is 10.0. The van der Waals surface area contributed by atoms with Crippen molar-refractivity contribution in [1.82, 2.24) is 24.8 Å². The molecule has 32 heavy (non-hydrogen) atoms. The van der Waals surface area contributed by atoms with Gasteiger partial charge in [0.25, 0.3) is 0 Å². The molecule has 1 atom stereocenters.